The first-order valence-electron chi connectivity index (χ1n) is 26.3. The van der Waals surface area contributed by atoms with E-state index in [1.165, 1.54) is 119 Å². The van der Waals surface area contributed by atoms with Crippen LogP contribution >= 0.6 is 0 Å². The molecule has 336 valence electrons. The van der Waals surface area contributed by atoms with E-state index in [1.54, 1.807) is 5.56 Å². The van der Waals surface area contributed by atoms with Gasteiger partial charge in [-0.25, -0.2) is 0 Å². The van der Waals surface area contributed by atoms with Gasteiger partial charge in [0, 0.05) is 51.2 Å². The molecule has 7 aromatic rings. The predicted molar refractivity (Wildman–Crippen MR) is 284 cm³/mol. The highest BCUT2D eigenvalue weighted by atomic mass is 15.2. The molecule has 0 N–H and O–H groups in total. The van der Waals surface area contributed by atoms with Crippen molar-refractivity contribution in [1.29, 1.82) is 0 Å². The van der Waals surface area contributed by atoms with Crippen molar-refractivity contribution in [1.82, 2.24) is 0 Å². The van der Waals surface area contributed by atoms with Crippen molar-refractivity contribution in [2.45, 2.75) is 95.3 Å². The average molecular weight is 884 g/mol. The van der Waals surface area contributed by atoms with Crippen LogP contribution in [0.3, 0.4) is 0 Å². The third-order valence-corrected chi connectivity index (χ3v) is 19.9. The molecule has 10 aliphatic rings. The lowest BCUT2D eigenvalue weighted by molar-refractivity contribution is -0.212. The lowest BCUT2D eigenvalue weighted by Crippen LogP contribution is -2.66. The van der Waals surface area contributed by atoms with E-state index in [1.807, 2.05) is 0 Å². The number of para-hydroxylation sites is 4. The molecule has 2 heterocycles. The summed E-state index contributed by atoms with van der Waals surface area (Å²) in [5.74, 6) is 6.63. The maximum Gasteiger partial charge on any atom is 0.252 e. The van der Waals surface area contributed by atoms with Crippen LogP contribution in [0.15, 0.2) is 164 Å². The molecule has 4 heteroatoms. The van der Waals surface area contributed by atoms with Gasteiger partial charge in [-0.1, -0.05) is 113 Å². The van der Waals surface area contributed by atoms with Crippen LogP contribution in [0.25, 0.3) is 0 Å². The van der Waals surface area contributed by atoms with Gasteiger partial charge in [-0.3, -0.25) is 0 Å². The fourth-order valence-corrected chi connectivity index (χ4v) is 17.1. The molecule has 0 radical (unpaired) electrons. The van der Waals surface area contributed by atoms with Gasteiger partial charge in [0.1, 0.15) is 0 Å². The molecule has 17 rings (SSSR count). The zero-order valence-corrected chi connectivity index (χ0v) is 40.2. The van der Waals surface area contributed by atoms with Crippen molar-refractivity contribution in [3.63, 3.8) is 0 Å². The van der Waals surface area contributed by atoms with Crippen LogP contribution in [-0.2, 0) is 16.2 Å². The van der Waals surface area contributed by atoms with Gasteiger partial charge in [0.05, 0.1) is 0 Å². The average Bonchev–Trinajstić information content (AvgIpc) is 3.37. The molecule has 0 amide bonds. The van der Waals surface area contributed by atoms with E-state index in [9.17, 15) is 0 Å². The number of fused-ring (bicyclic) bond motifs is 5. The zero-order chi connectivity index (χ0) is 45.3. The van der Waals surface area contributed by atoms with E-state index in [4.69, 9.17) is 0 Å². The number of hydrogen-bond acceptors (Lipinski definition) is 3. The van der Waals surface area contributed by atoms with Gasteiger partial charge in [0.25, 0.3) is 6.71 Å². The van der Waals surface area contributed by atoms with E-state index in [2.05, 4.69) is 206 Å². The van der Waals surface area contributed by atoms with Gasteiger partial charge in [-0.15, -0.1) is 0 Å². The van der Waals surface area contributed by atoms with E-state index >= 15 is 0 Å². The molecule has 3 nitrogen and oxygen atoms in total. The molecule has 68 heavy (non-hydrogen) atoms. The minimum absolute atomic E-state index is 0.0590. The molecule has 7 aromatic carbocycles. The monoisotopic (exact) mass is 884 g/mol. The van der Waals surface area contributed by atoms with Crippen LogP contribution in [0, 0.1) is 41.4 Å². The van der Waals surface area contributed by atoms with Crippen LogP contribution in [0.2, 0.25) is 0 Å². The summed E-state index contributed by atoms with van der Waals surface area (Å²) in [6.07, 6.45) is 11.1. The van der Waals surface area contributed by atoms with Gasteiger partial charge in [0.15, 0.2) is 0 Å². The van der Waals surface area contributed by atoms with Crippen molar-refractivity contribution < 1.29 is 0 Å². The molecule has 0 aromatic heterocycles. The Kier molecular flexibility index (Phi) is 8.26. The van der Waals surface area contributed by atoms with E-state index in [0.29, 0.717) is 0 Å². The Morgan fingerprint density at radius 1 is 0.441 bits per heavy atom. The minimum atomic E-state index is 0.0590. The number of hydrogen-bond donors (Lipinski definition) is 0. The van der Waals surface area contributed by atoms with Crippen LogP contribution in [-0.4, -0.2) is 6.71 Å². The highest BCUT2D eigenvalue weighted by Crippen LogP contribution is 2.74. The topological polar surface area (TPSA) is 9.72 Å². The van der Waals surface area contributed by atoms with Crippen molar-refractivity contribution in [2.75, 3.05) is 14.7 Å². The summed E-state index contributed by atoms with van der Waals surface area (Å²) in [4.78, 5) is 7.87. The van der Waals surface area contributed by atoms with Crippen LogP contribution in [0.4, 0.5) is 51.2 Å². The van der Waals surface area contributed by atoms with Crippen molar-refractivity contribution >= 4 is 74.3 Å². The highest BCUT2D eigenvalue weighted by Gasteiger charge is 2.67. The first kappa shape index (κ1) is 39.9. The Balaban J connectivity index is 1.03. The number of nitrogens with zero attached hydrogens (tertiary/aromatic N) is 3. The molecule has 0 spiro atoms. The predicted octanol–water partition coefficient (Wildman–Crippen LogP) is 14.5. The molecule has 7 fully saturated rings. The number of anilines is 9. The fourth-order valence-electron chi connectivity index (χ4n) is 17.1. The molecule has 8 bridgehead atoms. The quantitative estimate of drug-likeness (QED) is 0.154. The Hall–Kier alpha value is -6.00. The SMILES string of the molecule is CC1(C)CCC(C)(C)c2cc3c(cc21)B1c2ccc(N(c4ccccc4)c4ccccc4)cc2N(c2ccccc2)c2cc([C@]45CC6C7CC8C[C@@H]6C(C4)[C@@H](C8)C7C5)cc(c21)N3c1ccccc1. The number of benzene rings is 7. The third-order valence-electron chi connectivity index (χ3n) is 19.9. The second kappa shape index (κ2) is 14.1. The molecule has 0 atom stereocenters. The fraction of sp³-hybridized carbons (Fsp3) is 0.344. The summed E-state index contributed by atoms with van der Waals surface area (Å²) in [6, 6.07) is 63.1. The van der Waals surface area contributed by atoms with Gasteiger partial charge < -0.3 is 14.7 Å². The molecule has 0 saturated heterocycles. The maximum absolute atomic E-state index is 2.78. The molecular weight excluding hydrogens is 822 g/mol. The summed E-state index contributed by atoms with van der Waals surface area (Å²) < 4.78 is 0. The van der Waals surface area contributed by atoms with E-state index in [0.717, 1.165) is 52.8 Å². The van der Waals surface area contributed by atoms with Crippen molar-refractivity contribution in [3.8, 4) is 0 Å². The van der Waals surface area contributed by atoms with Gasteiger partial charge in [0.2, 0.25) is 0 Å². The lowest BCUT2D eigenvalue weighted by atomic mass is 9.31. The Morgan fingerprint density at radius 2 is 0.897 bits per heavy atom. The summed E-state index contributed by atoms with van der Waals surface area (Å²) in [5.41, 5.74) is 20.7. The summed E-state index contributed by atoms with van der Waals surface area (Å²) in [5, 5.41) is 0. The van der Waals surface area contributed by atoms with Crippen molar-refractivity contribution in [3.05, 3.63) is 180 Å². The first-order chi connectivity index (χ1) is 33.1. The Labute approximate surface area is 404 Å². The largest absolute Gasteiger partial charge is 0.311 e. The third kappa shape index (κ3) is 5.49. The van der Waals surface area contributed by atoms with Gasteiger partial charge >= 0.3 is 0 Å². The molecule has 8 aliphatic carbocycles. The smallest absolute Gasteiger partial charge is 0.252 e. The number of rotatable bonds is 6. The second-order valence-electron chi connectivity index (χ2n) is 24.1. The molecule has 2 aliphatic heterocycles. The summed E-state index contributed by atoms with van der Waals surface area (Å²) in [7, 11) is 0. The van der Waals surface area contributed by atoms with E-state index in [-0.39, 0.29) is 23.0 Å². The minimum Gasteiger partial charge on any atom is -0.311 e. The zero-order valence-electron chi connectivity index (χ0n) is 40.2. The maximum atomic E-state index is 2.78. The molecule has 7 saturated carbocycles. The van der Waals surface area contributed by atoms with E-state index < -0.39 is 0 Å². The standard InChI is InChI=1S/C64H62BN3/c1-62(2)27-28-63(3,4)54-36-58-56(35-53(54)62)65-55-26-25-46(66(42-17-9-5-10-18-42)43-19-11-6-12-20-43)34-57(55)67(44-21-13-7-14-22-44)59-32-41(33-60(61(59)65)68(58)45-23-15-8-16-24-45)64-37-50-47-29-40-30-48(50)52(39-64)49(31-40)51(47)38-64/h5-26,32-36,40,47-52H,27-31,37-39H2,1-4H3/t40?,47-,48-,49?,50?,51?,52?,64-/m1/s1. The molecule has 0 unspecified atom stereocenters. The van der Waals surface area contributed by atoms with Crippen LogP contribution < -0.4 is 31.1 Å². The Bertz CT molecular complexity index is 3060. The highest BCUT2D eigenvalue weighted by molar-refractivity contribution is 7.00. The summed E-state index contributed by atoms with van der Waals surface area (Å²) >= 11 is 0. The van der Waals surface area contributed by atoms with Crippen molar-refractivity contribution in [2.24, 2.45) is 41.4 Å². The molecular formula is C64H62BN3. The summed E-state index contributed by atoms with van der Waals surface area (Å²) in [6.45, 7) is 10.1. The van der Waals surface area contributed by atoms with Crippen LogP contribution in [0.5, 0.6) is 0 Å². The Morgan fingerprint density at radius 3 is 1.40 bits per heavy atom. The van der Waals surface area contributed by atoms with Gasteiger partial charge in [-0.05, 0) is 221 Å². The van der Waals surface area contributed by atoms with Gasteiger partial charge in [-0.2, -0.15) is 0 Å². The first-order valence-corrected chi connectivity index (χ1v) is 26.3. The second-order valence-corrected chi connectivity index (χ2v) is 24.1. The lowest BCUT2D eigenvalue weighted by Gasteiger charge is -2.72. The normalized spacial score (nSPS) is 28.8. The van der Waals surface area contributed by atoms with Crippen LogP contribution in [0.1, 0.15) is 95.8 Å².